The van der Waals surface area contributed by atoms with E-state index in [0.717, 1.165) is 12.1 Å². The zero-order valence-electron chi connectivity index (χ0n) is 10.5. The molecule has 2 heterocycles. The topological polar surface area (TPSA) is 88.0 Å². The van der Waals surface area contributed by atoms with Gasteiger partial charge >= 0.3 is 5.97 Å². The lowest BCUT2D eigenvalue weighted by molar-refractivity contribution is 0.0695. The smallest absolute Gasteiger partial charge is 0.339 e. The molecule has 0 aromatic carbocycles. The summed E-state index contributed by atoms with van der Waals surface area (Å²) >= 11 is 0. The van der Waals surface area contributed by atoms with Crippen molar-refractivity contribution in [3.63, 3.8) is 0 Å². The SMILES string of the molecule is Cc1nc(NCCc2ccccn2)ncc1C(=O)O. The standard InChI is InChI=1S/C13H14N4O2/c1-9-11(12(18)19)8-16-13(17-9)15-7-5-10-4-2-3-6-14-10/h2-4,6,8H,5,7H2,1H3,(H,18,19)(H,15,16,17). The van der Waals surface area contributed by atoms with E-state index in [1.807, 2.05) is 18.2 Å². The Hall–Kier alpha value is -2.50. The molecule has 0 fully saturated rings. The number of aromatic nitrogens is 3. The summed E-state index contributed by atoms with van der Waals surface area (Å²) in [7, 11) is 0. The minimum Gasteiger partial charge on any atom is -0.478 e. The van der Waals surface area contributed by atoms with E-state index in [1.165, 1.54) is 6.20 Å². The molecule has 0 saturated carbocycles. The lowest BCUT2D eigenvalue weighted by atomic mass is 10.2. The van der Waals surface area contributed by atoms with Gasteiger partial charge in [-0.15, -0.1) is 0 Å². The summed E-state index contributed by atoms with van der Waals surface area (Å²) < 4.78 is 0. The van der Waals surface area contributed by atoms with Crippen LogP contribution in [0.4, 0.5) is 5.95 Å². The summed E-state index contributed by atoms with van der Waals surface area (Å²) in [6, 6.07) is 5.75. The van der Waals surface area contributed by atoms with Gasteiger partial charge in [-0.2, -0.15) is 0 Å². The molecule has 0 atom stereocenters. The van der Waals surface area contributed by atoms with Gasteiger partial charge in [-0.05, 0) is 19.1 Å². The number of hydrogen-bond acceptors (Lipinski definition) is 5. The summed E-state index contributed by atoms with van der Waals surface area (Å²) in [4.78, 5) is 23.1. The normalized spacial score (nSPS) is 10.2. The molecule has 2 aromatic rings. The van der Waals surface area contributed by atoms with E-state index in [1.54, 1.807) is 13.1 Å². The van der Waals surface area contributed by atoms with Crippen molar-refractivity contribution >= 4 is 11.9 Å². The first kappa shape index (κ1) is 12.9. The van der Waals surface area contributed by atoms with Crippen LogP contribution in [-0.2, 0) is 6.42 Å². The van der Waals surface area contributed by atoms with Crippen molar-refractivity contribution < 1.29 is 9.90 Å². The summed E-state index contributed by atoms with van der Waals surface area (Å²) in [5, 5.41) is 11.9. The predicted molar refractivity (Wildman–Crippen MR) is 70.2 cm³/mol. The number of pyridine rings is 1. The van der Waals surface area contributed by atoms with Crippen LogP contribution in [0.3, 0.4) is 0 Å². The highest BCUT2D eigenvalue weighted by Gasteiger charge is 2.09. The number of rotatable bonds is 5. The number of anilines is 1. The molecule has 0 bridgehead atoms. The van der Waals surface area contributed by atoms with Gasteiger partial charge in [0, 0.05) is 31.1 Å². The second-order valence-electron chi connectivity index (χ2n) is 4.00. The van der Waals surface area contributed by atoms with Gasteiger partial charge in [-0.3, -0.25) is 4.98 Å². The number of nitrogens with one attached hydrogen (secondary N) is 1. The van der Waals surface area contributed by atoms with Crippen molar-refractivity contribution in [3.8, 4) is 0 Å². The Balaban J connectivity index is 1.93. The van der Waals surface area contributed by atoms with E-state index in [0.29, 0.717) is 18.2 Å². The number of carboxylic acids is 1. The second kappa shape index (κ2) is 5.90. The molecule has 98 valence electrons. The molecule has 0 aliphatic heterocycles. The minimum absolute atomic E-state index is 0.121. The lowest BCUT2D eigenvalue weighted by Crippen LogP contribution is -2.11. The van der Waals surface area contributed by atoms with Crippen LogP contribution in [0, 0.1) is 6.92 Å². The molecule has 0 unspecified atom stereocenters. The van der Waals surface area contributed by atoms with Crippen molar-refractivity contribution in [2.75, 3.05) is 11.9 Å². The Bertz CT molecular complexity index is 572. The molecule has 0 spiro atoms. The molecule has 0 radical (unpaired) electrons. The molecule has 6 heteroatoms. The quantitative estimate of drug-likeness (QED) is 0.845. The number of aryl methyl sites for hydroxylation is 1. The third kappa shape index (κ3) is 3.48. The third-order valence-electron chi connectivity index (χ3n) is 2.60. The van der Waals surface area contributed by atoms with E-state index < -0.39 is 5.97 Å². The fraction of sp³-hybridized carbons (Fsp3) is 0.231. The van der Waals surface area contributed by atoms with Crippen LogP contribution in [0.2, 0.25) is 0 Å². The van der Waals surface area contributed by atoms with Crippen LogP contribution in [0.5, 0.6) is 0 Å². The molecular formula is C13H14N4O2. The van der Waals surface area contributed by atoms with Crippen molar-refractivity contribution in [2.45, 2.75) is 13.3 Å². The maximum absolute atomic E-state index is 10.8. The lowest BCUT2D eigenvalue weighted by Gasteiger charge is -2.06. The Morgan fingerprint density at radius 2 is 2.21 bits per heavy atom. The van der Waals surface area contributed by atoms with Crippen molar-refractivity contribution in [3.05, 3.63) is 47.5 Å². The Morgan fingerprint density at radius 1 is 1.37 bits per heavy atom. The van der Waals surface area contributed by atoms with Gasteiger partial charge in [0.15, 0.2) is 0 Å². The van der Waals surface area contributed by atoms with Crippen molar-refractivity contribution in [1.29, 1.82) is 0 Å². The van der Waals surface area contributed by atoms with E-state index >= 15 is 0 Å². The summed E-state index contributed by atoms with van der Waals surface area (Å²) in [5.74, 6) is -0.587. The third-order valence-corrected chi connectivity index (χ3v) is 2.60. The highest BCUT2D eigenvalue weighted by molar-refractivity contribution is 5.88. The summed E-state index contributed by atoms with van der Waals surface area (Å²) in [6.45, 7) is 2.29. The van der Waals surface area contributed by atoms with Gasteiger partial charge in [0.25, 0.3) is 0 Å². The molecule has 2 N–H and O–H groups in total. The largest absolute Gasteiger partial charge is 0.478 e. The van der Waals surface area contributed by atoms with Crippen molar-refractivity contribution in [1.82, 2.24) is 15.0 Å². The van der Waals surface area contributed by atoms with E-state index in [-0.39, 0.29) is 5.56 Å². The van der Waals surface area contributed by atoms with E-state index in [9.17, 15) is 4.79 Å². The highest BCUT2D eigenvalue weighted by Crippen LogP contribution is 2.07. The average molecular weight is 258 g/mol. The predicted octanol–water partition coefficient (Wildman–Crippen LogP) is 1.53. The van der Waals surface area contributed by atoms with Crippen LogP contribution < -0.4 is 5.32 Å². The number of nitrogens with zero attached hydrogens (tertiary/aromatic N) is 3. The molecule has 19 heavy (non-hydrogen) atoms. The Labute approximate surface area is 110 Å². The molecule has 2 rings (SSSR count). The van der Waals surface area contributed by atoms with Crippen LogP contribution >= 0.6 is 0 Å². The average Bonchev–Trinajstić information content (AvgIpc) is 2.39. The Morgan fingerprint density at radius 3 is 2.84 bits per heavy atom. The maximum atomic E-state index is 10.8. The number of carboxylic acid groups (broad SMARTS) is 1. The summed E-state index contributed by atoms with van der Waals surface area (Å²) in [5.41, 5.74) is 1.55. The molecule has 0 aliphatic rings. The van der Waals surface area contributed by atoms with E-state index in [2.05, 4.69) is 20.3 Å². The zero-order valence-corrected chi connectivity index (χ0v) is 10.5. The highest BCUT2D eigenvalue weighted by atomic mass is 16.4. The molecule has 0 amide bonds. The second-order valence-corrected chi connectivity index (χ2v) is 4.00. The number of hydrogen-bond donors (Lipinski definition) is 2. The molecule has 2 aromatic heterocycles. The van der Waals surface area contributed by atoms with Gasteiger partial charge in [0.05, 0.1) is 11.3 Å². The summed E-state index contributed by atoms with van der Waals surface area (Å²) in [6.07, 6.45) is 3.81. The first-order valence-corrected chi connectivity index (χ1v) is 5.87. The molecule has 0 saturated heterocycles. The molecule has 6 nitrogen and oxygen atoms in total. The van der Waals surface area contributed by atoms with Crippen LogP contribution in [0.1, 0.15) is 21.7 Å². The fourth-order valence-electron chi connectivity index (χ4n) is 1.61. The van der Waals surface area contributed by atoms with Crippen LogP contribution in [0.15, 0.2) is 30.6 Å². The number of aromatic carboxylic acids is 1. The van der Waals surface area contributed by atoms with Gasteiger partial charge in [-0.25, -0.2) is 14.8 Å². The minimum atomic E-state index is -1.02. The zero-order chi connectivity index (χ0) is 13.7. The molecular weight excluding hydrogens is 244 g/mol. The van der Waals surface area contributed by atoms with Crippen LogP contribution in [0.25, 0.3) is 0 Å². The Kier molecular flexibility index (Phi) is 4.02. The monoisotopic (exact) mass is 258 g/mol. The van der Waals surface area contributed by atoms with Gasteiger partial charge in [0.1, 0.15) is 0 Å². The van der Waals surface area contributed by atoms with Crippen molar-refractivity contribution in [2.24, 2.45) is 0 Å². The van der Waals surface area contributed by atoms with Gasteiger partial charge in [0.2, 0.25) is 5.95 Å². The fourth-order valence-corrected chi connectivity index (χ4v) is 1.61. The first-order valence-electron chi connectivity index (χ1n) is 5.87. The van der Waals surface area contributed by atoms with Gasteiger partial charge < -0.3 is 10.4 Å². The maximum Gasteiger partial charge on any atom is 0.339 e. The number of carbonyl (C=O) groups is 1. The first-order chi connectivity index (χ1) is 9.16. The van der Waals surface area contributed by atoms with Gasteiger partial charge in [-0.1, -0.05) is 6.07 Å². The van der Waals surface area contributed by atoms with E-state index in [4.69, 9.17) is 5.11 Å². The molecule has 0 aliphatic carbocycles. The van der Waals surface area contributed by atoms with Crippen LogP contribution in [-0.4, -0.2) is 32.6 Å².